The van der Waals surface area contributed by atoms with Crippen molar-refractivity contribution in [2.75, 3.05) is 0 Å². The van der Waals surface area contributed by atoms with Gasteiger partial charge < -0.3 is 15.3 Å². The van der Waals surface area contributed by atoms with E-state index in [1.54, 1.807) is 18.7 Å². The standard InChI is InChI=1S/C13H13N5O/c19-13(16-7-12-14-3-4-15-12)6-9-1-2-10-11(5-9)18-8-17-10/h1-5,8H,6-7H2,(H,14,15)(H,16,19)(H,17,18). The van der Waals surface area contributed by atoms with Crippen molar-refractivity contribution < 1.29 is 4.79 Å². The quantitative estimate of drug-likeness (QED) is 0.653. The molecule has 0 fully saturated rings. The highest BCUT2D eigenvalue weighted by molar-refractivity contribution is 5.81. The Kier molecular flexibility index (Phi) is 2.97. The summed E-state index contributed by atoms with van der Waals surface area (Å²) in [4.78, 5) is 26.0. The number of fused-ring (bicyclic) bond motifs is 1. The molecule has 3 N–H and O–H groups in total. The number of carbonyl (C=O) groups excluding carboxylic acids is 1. The van der Waals surface area contributed by atoms with Crippen molar-refractivity contribution in [3.8, 4) is 0 Å². The second-order valence-electron chi connectivity index (χ2n) is 4.24. The van der Waals surface area contributed by atoms with Crippen LogP contribution in [0.3, 0.4) is 0 Å². The van der Waals surface area contributed by atoms with Crippen LogP contribution in [0.2, 0.25) is 0 Å². The number of benzene rings is 1. The largest absolute Gasteiger partial charge is 0.349 e. The summed E-state index contributed by atoms with van der Waals surface area (Å²) in [5.74, 6) is 0.715. The lowest BCUT2D eigenvalue weighted by molar-refractivity contribution is -0.120. The summed E-state index contributed by atoms with van der Waals surface area (Å²) in [7, 11) is 0. The third-order valence-corrected chi connectivity index (χ3v) is 2.86. The van der Waals surface area contributed by atoms with Crippen LogP contribution in [0.5, 0.6) is 0 Å². The van der Waals surface area contributed by atoms with Crippen molar-refractivity contribution >= 4 is 16.9 Å². The number of aromatic amines is 2. The van der Waals surface area contributed by atoms with Gasteiger partial charge in [-0.2, -0.15) is 0 Å². The second-order valence-corrected chi connectivity index (χ2v) is 4.24. The molecule has 6 nitrogen and oxygen atoms in total. The molecule has 0 bridgehead atoms. The van der Waals surface area contributed by atoms with Gasteiger partial charge in [-0.15, -0.1) is 0 Å². The van der Waals surface area contributed by atoms with Gasteiger partial charge in [-0.1, -0.05) is 6.07 Å². The number of rotatable bonds is 4. The van der Waals surface area contributed by atoms with Gasteiger partial charge in [0, 0.05) is 12.4 Å². The van der Waals surface area contributed by atoms with Crippen LogP contribution >= 0.6 is 0 Å². The van der Waals surface area contributed by atoms with Gasteiger partial charge in [0.25, 0.3) is 0 Å². The number of aromatic nitrogens is 4. The van der Waals surface area contributed by atoms with Gasteiger partial charge in [0.15, 0.2) is 0 Å². The lowest BCUT2D eigenvalue weighted by atomic mass is 10.1. The molecular weight excluding hydrogens is 242 g/mol. The molecule has 0 aliphatic heterocycles. The third kappa shape index (κ3) is 2.62. The number of hydrogen-bond donors (Lipinski definition) is 3. The predicted octanol–water partition coefficient (Wildman–Crippen LogP) is 1.14. The summed E-state index contributed by atoms with van der Waals surface area (Å²) < 4.78 is 0. The molecule has 2 aromatic heterocycles. The van der Waals surface area contributed by atoms with Gasteiger partial charge in [-0.25, -0.2) is 9.97 Å². The molecule has 0 aliphatic carbocycles. The first-order chi connectivity index (χ1) is 9.31. The molecule has 1 amide bonds. The minimum atomic E-state index is -0.0322. The maximum Gasteiger partial charge on any atom is 0.224 e. The topological polar surface area (TPSA) is 86.5 Å². The van der Waals surface area contributed by atoms with Gasteiger partial charge in [-0.05, 0) is 17.7 Å². The zero-order chi connectivity index (χ0) is 13.1. The molecule has 0 atom stereocenters. The summed E-state index contributed by atoms with van der Waals surface area (Å²) in [6.07, 6.45) is 5.38. The number of hydrogen-bond acceptors (Lipinski definition) is 3. The number of imidazole rings is 2. The maximum atomic E-state index is 11.8. The van der Waals surface area contributed by atoms with Gasteiger partial charge in [0.1, 0.15) is 5.82 Å². The number of nitrogens with one attached hydrogen (secondary N) is 3. The van der Waals surface area contributed by atoms with E-state index in [9.17, 15) is 4.79 Å². The highest BCUT2D eigenvalue weighted by Crippen LogP contribution is 2.11. The summed E-state index contributed by atoms with van der Waals surface area (Å²) in [5.41, 5.74) is 2.80. The molecule has 0 spiro atoms. The molecular formula is C13H13N5O. The van der Waals surface area contributed by atoms with E-state index in [4.69, 9.17) is 0 Å². The van der Waals surface area contributed by atoms with Crippen molar-refractivity contribution in [1.29, 1.82) is 0 Å². The Morgan fingerprint density at radius 3 is 3.05 bits per heavy atom. The number of H-pyrrole nitrogens is 2. The molecule has 19 heavy (non-hydrogen) atoms. The van der Waals surface area contributed by atoms with Crippen molar-refractivity contribution in [2.24, 2.45) is 0 Å². The highest BCUT2D eigenvalue weighted by Gasteiger charge is 2.05. The monoisotopic (exact) mass is 255 g/mol. The SMILES string of the molecule is O=C(Cc1ccc2nc[nH]c2c1)NCc1ncc[nH]1. The minimum Gasteiger partial charge on any atom is -0.349 e. The van der Waals surface area contributed by atoms with Crippen LogP contribution in [0.4, 0.5) is 0 Å². The molecule has 1 aromatic carbocycles. The fourth-order valence-electron chi connectivity index (χ4n) is 1.92. The first-order valence-electron chi connectivity index (χ1n) is 5.98. The molecule has 0 aliphatic rings. The van der Waals surface area contributed by atoms with Gasteiger partial charge in [0.2, 0.25) is 5.91 Å². The first-order valence-corrected chi connectivity index (χ1v) is 5.98. The van der Waals surface area contributed by atoms with E-state index in [1.807, 2.05) is 18.2 Å². The summed E-state index contributed by atoms with van der Waals surface area (Å²) in [5, 5.41) is 2.82. The molecule has 3 aromatic rings. The minimum absolute atomic E-state index is 0.0322. The Morgan fingerprint density at radius 2 is 2.21 bits per heavy atom. The summed E-state index contributed by atoms with van der Waals surface area (Å²) >= 11 is 0. The van der Waals surface area contributed by atoms with E-state index in [-0.39, 0.29) is 5.91 Å². The van der Waals surface area contributed by atoms with Crippen LogP contribution in [0.15, 0.2) is 36.9 Å². The Balaban J connectivity index is 1.62. The van der Waals surface area contributed by atoms with Crippen LogP contribution in [-0.2, 0) is 17.8 Å². The fourth-order valence-corrected chi connectivity index (χ4v) is 1.92. The zero-order valence-electron chi connectivity index (χ0n) is 10.2. The van der Waals surface area contributed by atoms with Crippen molar-refractivity contribution in [1.82, 2.24) is 25.3 Å². The lowest BCUT2D eigenvalue weighted by Gasteiger charge is -2.03. The fraction of sp³-hybridized carbons (Fsp3) is 0.154. The Hall–Kier alpha value is -2.63. The van der Waals surface area contributed by atoms with E-state index >= 15 is 0 Å². The van der Waals surface area contributed by atoms with Gasteiger partial charge in [-0.3, -0.25) is 4.79 Å². The molecule has 3 rings (SSSR count). The van der Waals surface area contributed by atoms with Crippen LogP contribution in [0.25, 0.3) is 11.0 Å². The third-order valence-electron chi connectivity index (χ3n) is 2.86. The Morgan fingerprint density at radius 1 is 1.26 bits per heavy atom. The number of carbonyl (C=O) groups is 1. The molecule has 0 radical (unpaired) electrons. The van der Waals surface area contributed by atoms with Crippen molar-refractivity contribution in [3.63, 3.8) is 0 Å². The summed E-state index contributed by atoms with van der Waals surface area (Å²) in [6.45, 7) is 0.415. The van der Waals surface area contributed by atoms with Crippen molar-refractivity contribution in [3.05, 3.63) is 48.3 Å². The molecule has 6 heteroatoms. The predicted molar refractivity (Wildman–Crippen MR) is 70.2 cm³/mol. The maximum absolute atomic E-state index is 11.8. The second kappa shape index (κ2) is 4.93. The van der Waals surface area contributed by atoms with E-state index in [1.165, 1.54) is 0 Å². The van der Waals surface area contributed by atoms with Crippen LogP contribution in [0, 0.1) is 0 Å². The average Bonchev–Trinajstić information content (AvgIpc) is 3.07. The number of nitrogens with zero attached hydrogens (tertiary/aromatic N) is 2. The normalized spacial score (nSPS) is 10.7. The Bertz CT molecular complexity index is 686. The molecule has 0 unspecified atom stereocenters. The molecule has 0 saturated heterocycles. The van der Waals surface area contributed by atoms with Crippen LogP contribution in [-0.4, -0.2) is 25.8 Å². The van der Waals surface area contributed by atoms with E-state index in [2.05, 4.69) is 25.3 Å². The highest BCUT2D eigenvalue weighted by atomic mass is 16.1. The van der Waals surface area contributed by atoms with E-state index < -0.39 is 0 Å². The smallest absolute Gasteiger partial charge is 0.224 e. The molecule has 96 valence electrons. The zero-order valence-corrected chi connectivity index (χ0v) is 10.2. The average molecular weight is 255 g/mol. The van der Waals surface area contributed by atoms with Crippen LogP contribution in [0.1, 0.15) is 11.4 Å². The van der Waals surface area contributed by atoms with Crippen LogP contribution < -0.4 is 5.32 Å². The van der Waals surface area contributed by atoms with Crippen molar-refractivity contribution in [2.45, 2.75) is 13.0 Å². The Labute approximate surface area is 109 Å². The first kappa shape index (κ1) is 11.5. The van der Waals surface area contributed by atoms with E-state index in [0.29, 0.717) is 13.0 Å². The number of amides is 1. The van der Waals surface area contributed by atoms with Gasteiger partial charge >= 0.3 is 0 Å². The summed E-state index contributed by atoms with van der Waals surface area (Å²) in [6, 6.07) is 5.76. The van der Waals surface area contributed by atoms with E-state index in [0.717, 1.165) is 22.4 Å². The van der Waals surface area contributed by atoms with Gasteiger partial charge in [0.05, 0.1) is 30.3 Å². The lowest BCUT2D eigenvalue weighted by Crippen LogP contribution is -2.25. The molecule has 2 heterocycles. The molecule has 0 saturated carbocycles.